The summed E-state index contributed by atoms with van der Waals surface area (Å²) in [6, 6.07) is 9.18. The van der Waals surface area contributed by atoms with Gasteiger partial charge in [0.25, 0.3) is 0 Å². The minimum Gasteiger partial charge on any atom is -0.317 e. The molecule has 4 heteroatoms. The fourth-order valence-corrected chi connectivity index (χ4v) is 2.49. The molecule has 1 aromatic carbocycles. The Labute approximate surface area is 121 Å². The van der Waals surface area contributed by atoms with Crippen molar-refractivity contribution in [3.05, 3.63) is 47.5 Å². The molecule has 0 radical (unpaired) electrons. The molecule has 0 aliphatic rings. The molecule has 0 spiro atoms. The van der Waals surface area contributed by atoms with E-state index in [9.17, 15) is 0 Å². The molecule has 4 nitrogen and oxygen atoms in total. The first kappa shape index (κ1) is 14.7. The van der Waals surface area contributed by atoms with E-state index in [1.54, 1.807) is 6.33 Å². The monoisotopic (exact) mass is 272 g/mol. The van der Waals surface area contributed by atoms with Gasteiger partial charge in [0.15, 0.2) is 0 Å². The van der Waals surface area contributed by atoms with Crippen LogP contribution in [0.1, 0.15) is 30.3 Å². The molecule has 1 aromatic heterocycles. The number of hydrogen-bond donors (Lipinski definition) is 1. The van der Waals surface area contributed by atoms with Gasteiger partial charge in [-0.1, -0.05) is 29.8 Å². The van der Waals surface area contributed by atoms with Crippen LogP contribution in [-0.4, -0.2) is 27.9 Å². The van der Waals surface area contributed by atoms with Gasteiger partial charge < -0.3 is 5.32 Å². The molecule has 108 valence electrons. The molecule has 0 aliphatic heterocycles. The quantitative estimate of drug-likeness (QED) is 0.841. The predicted molar refractivity (Wildman–Crippen MR) is 81.7 cm³/mol. The van der Waals surface area contributed by atoms with Crippen LogP contribution in [0.2, 0.25) is 0 Å². The van der Waals surface area contributed by atoms with Crippen LogP contribution in [-0.2, 0) is 19.4 Å². The van der Waals surface area contributed by atoms with Gasteiger partial charge in [0.2, 0.25) is 0 Å². The van der Waals surface area contributed by atoms with Crippen LogP contribution >= 0.6 is 0 Å². The average molecular weight is 272 g/mol. The lowest BCUT2D eigenvalue weighted by molar-refractivity contribution is 0.488. The van der Waals surface area contributed by atoms with Crippen LogP contribution in [0.4, 0.5) is 0 Å². The van der Waals surface area contributed by atoms with Crippen molar-refractivity contribution in [2.24, 2.45) is 0 Å². The van der Waals surface area contributed by atoms with E-state index in [-0.39, 0.29) is 0 Å². The van der Waals surface area contributed by atoms with Gasteiger partial charge in [0, 0.05) is 19.0 Å². The first-order valence-electron chi connectivity index (χ1n) is 7.32. The van der Waals surface area contributed by atoms with Gasteiger partial charge in [-0.05, 0) is 39.3 Å². The number of benzene rings is 1. The molecule has 2 rings (SSSR count). The molecule has 0 saturated carbocycles. The SMILES string of the molecule is CCn1ncnc1CC(CCc1cccc(C)c1)NC. The number of nitrogens with one attached hydrogen (secondary N) is 1. The Morgan fingerprint density at radius 1 is 1.35 bits per heavy atom. The summed E-state index contributed by atoms with van der Waals surface area (Å²) in [6.45, 7) is 5.12. The molecule has 1 heterocycles. The zero-order valence-electron chi connectivity index (χ0n) is 12.6. The van der Waals surface area contributed by atoms with Crippen LogP contribution < -0.4 is 5.32 Å². The van der Waals surface area contributed by atoms with Crippen LogP contribution in [0.3, 0.4) is 0 Å². The number of nitrogens with zero attached hydrogens (tertiary/aromatic N) is 3. The maximum atomic E-state index is 4.36. The zero-order chi connectivity index (χ0) is 14.4. The van der Waals surface area contributed by atoms with Gasteiger partial charge in [-0.3, -0.25) is 4.68 Å². The van der Waals surface area contributed by atoms with Gasteiger partial charge >= 0.3 is 0 Å². The summed E-state index contributed by atoms with van der Waals surface area (Å²) in [6.07, 6.45) is 4.77. The molecule has 0 amide bonds. The predicted octanol–water partition coefficient (Wildman–Crippen LogP) is 2.37. The van der Waals surface area contributed by atoms with Gasteiger partial charge in [-0.2, -0.15) is 5.10 Å². The summed E-state index contributed by atoms with van der Waals surface area (Å²) in [5, 5.41) is 7.63. The lowest BCUT2D eigenvalue weighted by Crippen LogP contribution is -2.29. The minimum absolute atomic E-state index is 0.435. The van der Waals surface area contributed by atoms with E-state index in [1.165, 1.54) is 11.1 Å². The van der Waals surface area contributed by atoms with E-state index in [0.29, 0.717) is 6.04 Å². The van der Waals surface area contributed by atoms with E-state index in [4.69, 9.17) is 0 Å². The van der Waals surface area contributed by atoms with Crippen molar-refractivity contribution in [2.75, 3.05) is 7.05 Å². The Balaban J connectivity index is 1.92. The molecule has 20 heavy (non-hydrogen) atoms. The fourth-order valence-electron chi connectivity index (χ4n) is 2.49. The second-order valence-electron chi connectivity index (χ2n) is 5.21. The topological polar surface area (TPSA) is 42.7 Å². The first-order valence-corrected chi connectivity index (χ1v) is 7.32. The molecule has 0 saturated heterocycles. The third-order valence-electron chi connectivity index (χ3n) is 3.70. The van der Waals surface area contributed by atoms with Crippen molar-refractivity contribution in [3.63, 3.8) is 0 Å². The number of aryl methyl sites for hydroxylation is 3. The summed E-state index contributed by atoms with van der Waals surface area (Å²) in [4.78, 5) is 4.36. The number of likely N-dealkylation sites (N-methyl/N-ethyl adjacent to an activating group) is 1. The van der Waals surface area contributed by atoms with E-state index in [1.807, 2.05) is 11.7 Å². The van der Waals surface area contributed by atoms with Gasteiger partial charge in [-0.25, -0.2) is 4.98 Å². The fraction of sp³-hybridized carbons (Fsp3) is 0.500. The summed E-state index contributed by atoms with van der Waals surface area (Å²) in [5.74, 6) is 1.07. The molecule has 1 N–H and O–H groups in total. The summed E-state index contributed by atoms with van der Waals surface area (Å²) in [5.41, 5.74) is 2.73. The van der Waals surface area contributed by atoms with Crippen LogP contribution in [0.25, 0.3) is 0 Å². The van der Waals surface area contributed by atoms with Crippen LogP contribution in [0.15, 0.2) is 30.6 Å². The smallest absolute Gasteiger partial charge is 0.138 e. The van der Waals surface area contributed by atoms with Gasteiger partial charge in [-0.15, -0.1) is 0 Å². The third-order valence-corrected chi connectivity index (χ3v) is 3.70. The largest absolute Gasteiger partial charge is 0.317 e. The van der Waals surface area contributed by atoms with E-state index < -0.39 is 0 Å². The van der Waals surface area contributed by atoms with E-state index in [2.05, 4.69) is 53.5 Å². The second-order valence-corrected chi connectivity index (χ2v) is 5.21. The highest BCUT2D eigenvalue weighted by Crippen LogP contribution is 2.10. The number of aromatic nitrogens is 3. The standard InChI is InChI=1S/C16H24N4/c1-4-20-16(18-12-19-20)11-15(17-3)9-8-14-7-5-6-13(2)10-14/h5-7,10,12,15,17H,4,8-9,11H2,1-3H3. The highest BCUT2D eigenvalue weighted by Gasteiger charge is 2.12. The average Bonchev–Trinajstić information content (AvgIpc) is 2.90. The van der Waals surface area contributed by atoms with Crippen molar-refractivity contribution in [1.82, 2.24) is 20.1 Å². The summed E-state index contributed by atoms with van der Waals surface area (Å²) in [7, 11) is 2.02. The summed E-state index contributed by atoms with van der Waals surface area (Å²) < 4.78 is 1.97. The summed E-state index contributed by atoms with van der Waals surface area (Å²) >= 11 is 0. The van der Waals surface area contributed by atoms with Crippen LogP contribution in [0.5, 0.6) is 0 Å². The molecule has 1 unspecified atom stereocenters. The lowest BCUT2D eigenvalue weighted by atomic mass is 10.0. The highest BCUT2D eigenvalue weighted by molar-refractivity contribution is 5.22. The normalized spacial score (nSPS) is 12.6. The van der Waals surface area contributed by atoms with Crippen molar-refractivity contribution >= 4 is 0 Å². The molecule has 1 atom stereocenters. The Hall–Kier alpha value is -1.68. The second kappa shape index (κ2) is 7.20. The molecule has 2 aromatic rings. The maximum absolute atomic E-state index is 4.36. The maximum Gasteiger partial charge on any atom is 0.138 e. The highest BCUT2D eigenvalue weighted by atomic mass is 15.3. The van der Waals surface area contributed by atoms with Crippen molar-refractivity contribution in [1.29, 1.82) is 0 Å². The van der Waals surface area contributed by atoms with E-state index >= 15 is 0 Å². The third kappa shape index (κ3) is 3.90. The Bertz CT molecular complexity index is 533. The Kier molecular flexibility index (Phi) is 5.30. The van der Waals surface area contributed by atoms with Gasteiger partial charge in [0.1, 0.15) is 12.2 Å². The van der Waals surface area contributed by atoms with Crippen molar-refractivity contribution in [3.8, 4) is 0 Å². The number of rotatable bonds is 7. The van der Waals surface area contributed by atoms with E-state index in [0.717, 1.165) is 31.6 Å². The van der Waals surface area contributed by atoms with Crippen molar-refractivity contribution in [2.45, 2.75) is 45.7 Å². The number of hydrogen-bond acceptors (Lipinski definition) is 3. The molecular formula is C16H24N4. The van der Waals surface area contributed by atoms with Crippen LogP contribution in [0, 0.1) is 6.92 Å². The molecule has 0 bridgehead atoms. The van der Waals surface area contributed by atoms with Crippen molar-refractivity contribution < 1.29 is 0 Å². The minimum atomic E-state index is 0.435. The molecule has 0 aliphatic carbocycles. The first-order chi connectivity index (χ1) is 9.72. The lowest BCUT2D eigenvalue weighted by Gasteiger charge is -2.16. The Morgan fingerprint density at radius 3 is 2.90 bits per heavy atom. The molecular weight excluding hydrogens is 248 g/mol. The zero-order valence-corrected chi connectivity index (χ0v) is 12.6. The Morgan fingerprint density at radius 2 is 2.20 bits per heavy atom. The van der Waals surface area contributed by atoms with Gasteiger partial charge in [0.05, 0.1) is 0 Å². The molecule has 0 fully saturated rings.